The Morgan fingerprint density at radius 2 is 1.76 bits per heavy atom. The number of aliphatic imine (C=N–C) groups is 1. The summed E-state index contributed by atoms with van der Waals surface area (Å²) in [5.41, 5.74) is 3.62. The van der Waals surface area contributed by atoms with Gasteiger partial charge in [0, 0.05) is 63.3 Å². The van der Waals surface area contributed by atoms with Crippen LogP contribution in [-0.4, -0.2) is 94.2 Å². The third-order valence-corrected chi connectivity index (χ3v) is 9.76. The van der Waals surface area contributed by atoms with Crippen molar-refractivity contribution in [1.82, 2.24) is 19.6 Å². The molecular formula is C30H34Cl2N6O2S. The van der Waals surface area contributed by atoms with Crippen LogP contribution in [0.5, 0.6) is 0 Å². The number of halogens is 2. The molecule has 2 aromatic rings. The van der Waals surface area contributed by atoms with E-state index < -0.39 is 0 Å². The van der Waals surface area contributed by atoms with E-state index >= 15 is 0 Å². The van der Waals surface area contributed by atoms with Crippen molar-refractivity contribution in [2.24, 2.45) is 4.99 Å². The first-order chi connectivity index (χ1) is 19.7. The van der Waals surface area contributed by atoms with Gasteiger partial charge in [0.25, 0.3) is 5.91 Å². The molecule has 0 unspecified atom stereocenters. The van der Waals surface area contributed by atoms with E-state index in [1.165, 1.54) is 11.8 Å². The molecule has 3 aliphatic rings. The zero-order valence-corrected chi connectivity index (χ0v) is 25.8. The zero-order chi connectivity index (χ0) is 29.3. The van der Waals surface area contributed by atoms with Crippen LogP contribution >= 0.6 is 35.0 Å². The largest absolute Gasteiger partial charge is 0.345 e. The Hall–Kier alpha value is -2.77. The number of fused-ring (bicyclic) bond motifs is 2. The third-order valence-electron chi connectivity index (χ3n) is 8.33. The van der Waals surface area contributed by atoms with E-state index in [4.69, 9.17) is 28.5 Å². The summed E-state index contributed by atoms with van der Waals surface area (Å²) < 4.78 is 0. The molecule has 2 aromatic carbocycles. The number of benzene rings is 2. The van der Waals surface area contributed by atoms with E-state index in [9.17, 15) is 9.59 Å². The summed E-state index contributed by atoms with van der Waals surface area (Å²) >= 11 is 14.1. The lowest BCUT2D eigenvalue weighted by molar-refractivity contribution is -0.136. The average molecular weight is 614 g/mol. The van der Waals surface area contributed by atoms with Crippen LogP contribution in [0.25, 0.3) is 0 Å². The van der Waals surface area contributed by atoms with Crippen LogP contribution < -0.4 is 0 Å². The van der Waals surface area contributed by atoms with E-state index in [1.807, 2.05) is 54.3 Å². The van der Waals surface area contributed by atoms with Crippen molar-refractivity contribution in [1.29, 1.82) is 5.26 Å². The van der Waals surface area contributed by atoms with Crippen molar-refractivity contribution in [2.75, 3.05) is 45.5 Å². The Kier molecular flexibility index (Phi) is 9.15. The van der Waals surface area contributed by atoms with Crippen molar-refractivity contribution in [2.45, 2.75) is 44.8 Å². The molecule has 5 rings (SSSR count). The SMILES string of the molecule is CSC(=NC#N)N1C[C@@H]2C[C@@H]1CN2CCC(=O)N1CCN(C(=O)c2cc(C)cc(C)c2)C[C@H]1c1ccc(Cl)c(Cl)c1. The average Bonchev–Trinajstić information content (AvgIpc) is 3.56. The second-order valence-electron chi connectivity index (χ2n) is 11.0. The number of hydrogen-bond acceptors (Lipinski definition) is 6. The monoisotopic (exact) mass is 612 g/mol. The fourth-order valence-electron chi connectivity index (χ4n) is 6.46. The second-order valence-corrected chi connectivity index (χ2v) is 12.6. The number of thioether (sulfide) groups is 1. The van der Waals surface area contributed by atoms with Gasteiger partial charge in [0.1, 0.15) is 0 Å². The molecule has 0 spiro atoms. The number of carbonyl (C=O) groups excluding carboxylic acids is 2. The van der Waals surface area contributed by atoms with Crippen molar-refractivity contribution in [3.05, 3.63) is 68.7 Å². The summed E-state index contributed by atoms with van der Waals surface area (Å²) in [6.07, 6.45) is 5.27. The highest BCUT2D eigenvalue weighted by molar-refractivity contribution is 8.13. The molecule has 0 aliphatic carbocycles. The van der Waals surface area contributed by atoms with E-state index in [-0.39, 0.29) is 17.9 Å². The Morgan fingerprint density at radius 1 is 1.00 bits per heavy atom. The zero-order valence-electron chi connectivity index (χ0n) is 23.5. The van der Waals surface area contributed by atoms with Crippen molar-refractivity contribution in [3.8, 4) is 6.19 Å². The van der Waals surface area contributed by atoms with Crippen LogP contribution in [0.1, 0.15) is 45.9 Å². The highest BCUT2D eigenvalue weighted by Crippen LogP contribution is 2.34. The molecule has 216 valence electrons. The van der Waals surface area contributed by atoms with Gasteiger partial charge in [0.2, 0.25) is 12.1 Å². The number of amidine groups is 1. The lowest BCUT2D eigenvalue weighted by Gasteiger charge is -2.42. The standard InChI is InChI=1S/C30H34Cl2N6O2S/c1-19-10-20(2)12-22(11-19)29(40)36-8-9-37(27(17-36)21-4-5-25(31)26(32)13-21)28(39)6-7-35-15-24-14-23(35)16-38(24)30(41-3)34-18-33/h4-5,10-13,23-24,27H,6-9,14-17H2,1-3H3/t23-,24+,27-/m0/s1. The molecule has 0 saturated carbocycles. The number of carbonyl (C=O) groups is 2. The van der Waals surface area contributed by atoms with Gasteiger partial charge in [0.15, 0.2) is 5.17 Å². The van der Waals surface area contributed by atoms with Crippen molar-refractivity contribution in [3.63, 3.8) is 0 Å². The Morgan fingerprint density at radius 3 is 2.39 bits per heavy atom. The molecule has 3 fully saturated rings. The van der Waals surface area contributed by atoms with Gasteiger partial charge in [-0.05, 0) is 56.4 Å². The first-order valence-corrected chi connectivity index (χ1v) is 15.8. The Bertz CT molecular complexity index is 1390. The van der Waals surface area contributed by atoms with E-state index in [2.05, 4.69) is 20.9 Å². The molecular weight excluding hydrogens is 579 g/mol. The molecule has 3 atom stereocenters. The summed E-state index contributed by atoms with van der Waals surface area (Å²) in [4.78, 5) is 39.6. The maximum absolute atomic E-state index is 13.7. The van der Waals surface area contributed by atoms with Crippen molar-refractivity contribution < 1.29 is 9.59 Å². The number of aryl methyl sites for hydroxylation is 2. The number of hydrogen-bond donors (Lipinski definition) is 0. The highest BCUT2D eigenvalue weighted by Gasteiger charge is 2.44. The molecule has 0 radical (unpaired) electrons. The molecule has 8 nitrogen and oxygen atoms in total. The maximum Gasteiger partial charge on any atom is 0.254 e. The number of piperazine rings is 2. The fraction of sp³-hybridized carbons (Fsp3) is 0.467. The third kappa shape index (κ3) is 6.36. The second kappa shape index (κ2) is 12.6. The molecule has 41 heavy (non-hydrogen) atoms. The molecule has 2 amide bonds. The summed E-state index contributed by atoms with van der Waals surface area (Å²) in [5.74, 6) is 0.0335. The minimum absolute atomic E-state index is 0.0313. The summed E-state index contributed by atoms with van der Waals surface area (Å²) in [7, 11) is 0. The van der Waals surface area contributed by atoms with Gasteiger partial charge in [-0.1, -0.05) is 58.2 Å². The number of amides is 2. The van der Waals surface area contributed by atoms with Crippen molar-refractivity contribution >= 4 is 51.9 Å². The first kappa shape index (κ1) is 29.7. The first-order valence-electron chi connectivity index (χ1n) is 13.8. The number of likely N-dealkylation sites (tertiary alicyclic amines) is 2. The maximum atomic E-state index is 13.7. The molecule has 0 N–H and O–H groups in total. The predicted octanol–water partition coefficient (Wildman–Crippen LogP) is 4.98. The topological polar surface area (TPSA) is 83.2 Å². The van der Waals surface area contributed by atoms with Gasteiger partial charge in [-0.2, -0.15) is 5.26 Å². The summed E-state index contributed by atoms with van der Waals surface area (Å²) in [6.45, 7) is 7.63. The molecule has 3 saturated heterocycles. The molecule has 0 aromatic heterocycles. The number of nitriles is 1. The van der Waals surface area contributed by atoms with Crippen LogP contribution in [0.15, 0.2) is 41.4 Å². The Balaban J connectivity index is 1.28. The highest BCUT2D eigenvalue weighted by atomic mass is 35.5. The van der Waals surface area contributed by atoms with Gasteiger partial charge in [-0.25, -0.2) is 0 Å². The van der Waals surface area contributed by atoms with E-state index in [0.717, 1.165) is 41.4 Å². The lowest BCUT2D eigenvalue weighted by Crippen LogP contribution is -2.53. The molecule has 3 heterocycles. The van der Waals surface area contributed by atoms with Crippen LogP contribution in [0.4, 0.5) is 0 Å². The lowest BCUT2D eigenvalue weighted by atomic mass is 10.00. The minimum atomic E-state index is -0.322. The smallest absolute Gasteiger partial charge is 0.254 e. The quantitative estimate of drug-likeness (QED) is 0.269. The van der Waals surface area contributed by atoms with Gasteiger partial charge < -0.3 is 14.7 Å². The number of nitrogens with zero attached hydrogens (tertiary/aromatic N) is 6. The molecule has 2 bridgehead atoms. The van der Waals surface area contributed by atoms with Crippen LogP contribution in [0, 0.1) is 25.3 Å². The minimum Gasteiger partial charge on any atom is -0.345 e. The number of rotatable bonds is 5. The molecule has 3 aliphatic heterocycles. The Labute approximate surface area is 255 Å². The van der Waals surface area contributed by atoms with Gasteiger partial charge >= 0.3 is 0 Å². The van der Waals surface area contributed by atoms with E-state index in [0.29, 0.717) is 60.3 Å². The van der Waals surface area contributed by atoms with Gasteiger partial charge in [-0.15, -0.1) is 4.99 Å². The summed E-state index contributed by atoms with van der Waals surface area (Å²) in [6, 6.07) is 11.7. The van der Waals surface area contributed by atoms with Crippen LogP contribution in [-0.2, 0) is 4.79 Å². The van der Waals surface area contributed by atoms with Crippen LogP contribution in [0.2, 0.25) is 10.0 Å². The molecule has 11 heteroatoms. The predicted molar refractivity (Wildman–Crippen MR) is 164 cm³/mol. The normalized spacial score (nSPS) is 22.8. The fourth-order valence-corrected chi connectivity index (χ4v) is 7.36. The van der Waals surface area contributed by atoms with Gasteiger partial charge in [-0.3, -0.25) is 14.5 Å². The van der Waals surface area contributed by atoms with E-state index in [1.54, 1.807) is 12.1 Å². The van der Waals surface area contributed by atoms with Gasteiger partial charge in [0.05, 0.1) is 16.1 Å². The van der Waals surface area contributed by atoms with Crippen LogP contribution in [0.3, 0.4) is 0 Å². The summed E-state index contributed by atoms with van der Waals surface area (Å²) in [5, 5.41) is 10.7.